The molecule has 2 aliphatic rings. The van der Waals surface area contributed by atoms with E-state index in [9.17, 15) is 14.9 Å². The number of nitrogens with one attached hydrogen (secondary N) is 1. The van der Waals surface area contributed by atoms with E-state index in [-0.39, 0.29) is 40.3 Å². The number of carbonyl (C=O) groups is 2. The maximum Gasteiger partial charge on any atom is 0.264 e. The van der Waals surface area contributed by atoms with E-state index >= 15 is 4.39 Å². The molecule has 248 valence electrons. The number of para-hydroxylation sites is 1. The Morgan fingerprint density at radius 3 is 2.75 bits per heavy atom. The molecule has 4 aromatic rings. The number of nitrogens with zero attached hydrogens (tertiary/aromatic N) is 7. The Balaban J connectivity index is 1.21. The Kier molecular flexibility index (Phi) is 9.36. The molecular weight excluding hydrogens is 613 g/mol. The molecule has 6 rings (SSSR count). The molecule has 2 saturated heterocycles. The largest absolute Gasteiger partial charge is 0.457 e. The van der Waals surface area contributed by atoms with Crippen molar-refractivity contribution in [1.29, 1.82) is 5.26 Å². The van der Waals surface area contributed by atoms with E-state index in [2.05, 4.69) is 40.1 Å². The molecule has 0 bridgehead atoms. The van der Waals surface area contributed by atoms with Crippen molar-refractivity contribution >= 4 is 28.7 Å². The average Bonchev–Trinajstić information content (AvgIpc) is 3.48. The number of hydrogen-bond acceptors (Lipinski definition) is 9. The third-order valence-electron chi connectivity index (χ3n) is 9.07. The van der Waals surface area contributed by atoms with E-state index in [4.69, 9.17) is 15.6 Å². The van der Waals surface area contributed by atoms with Crippen LogP contribution >= 0.6 is 0 Å². The molecule has 2 aromatic heterocycles. The first kappa shape index (κ1) is 32.6. The standard InChI is InChI=1S/C35H38FN9O3/c1-35(2,44-17-15-39-29(46)21-44)14-6-8-23(19-37)34(47)43-16-7-9-24(20-43)45-33-30(32(38)40-22-41-33)31(42-45)27-13-12-26(18-28(27)36)48-25-10-4-3-5-11-25/h3-5,8,10-13,18,22,24H,6-7,9,14-17,20-21H2,1-2H3,(H,39,46)(H2,38,40,41)/b23-8+/t24-/m1/s1. The number of anilines is 1. The van der Waals surface area contributed by atoms with Gasteiger partial charge in [0.25, 0.3) is 5.91 Å². The minimum atomic E-state index is -0.547. The zero-order valence-corrected chi connectivity index (χ0v) is 27.0. The van der Waals surface area contributed by atoms with Gasteiger partial charge >= 0.3 is 0 Å². The molecule has 2 aromatic carbocycles. The van der Waals surface area contributed by atoms with Gasteiger partial charge in [-0.1, -0.05) is 24.3 Å². The van der Waals surface area contributed by atoms with Gasteiger partial charge in [0.1, 0.15) is 46.8 Å². The van der Waals surface area contributed by atoms with E-state index < -0.39 is 5.82 Å². The molecule has 2 amide bonds. The Labute approximate surface area is 278 Å². The number of ether oxygens (including phenoxy) is 1. The van der Waals surface area contributed by atoms with Gasteiger partial charge in [-0.05, 0) is 63.8 Å². The predicted octanol–water partition coefficient (Wildman–Crippen LogP) is 4.61. The van der Waals surface area contributed by atoms with Gasteiger partial charge < -0.3 is 20.7 Å². The molecule has 13 heteroatoms. The molecular formula is C35H38FN9O3. The summed E-state index contributed by atoms with van der Waals surface area (Å²) in [5.41, 5.74) is 7.06. The molecule has 0 spiro atoms. The Hall–Kier alpha value is -5.35. The van der Waals surface area contributed by atoms with Crippen LogP contribution in [0.25, 0.3) is 22.3 Å². The number of rotatable bonds is 9. The van der Waals surface area contributed by atoms with Gasteiger partial charge in [0, 0.05) is 43.3 Å². The number of nitriles is 1. The highest BCUT2D eigenvalue weighted by Gasteiger charge is 2.32. The summed E-state index contributed by atoms with van der Waals surface area (Å²) in [6, 6.07) is 15.5. The Morgan fingerprint density at radius 2 is 2.00 bits per heavy atom. The number of likely N-dealkylation sites (tertiary alicyclic amines) is 1. The van der Waals surface area contributed by atoms with Crippen LogP contribution < -0.4 is 15.8 Å². The van der Waals surface area contributed by atoms with E-state index in [1.165, 1.54) is 12.4 Å². The molecule has 0 radical (unpaired) electrons. The van der Waals surface area contributed by atoms with Crippen molar-refractivity contribution in [2.45, 2.75) is 51.1 Å². The van der Waals surface area contributed by atoms with Crippen LogP contribution in [0.5, 0.6) is 11.5 Å². The first-order valence-electron chi connectivity index (χ1n) is 16.1. The number of piperidine rings is 1. The van der Waals surface area contributed by atoms with Crippen LogP contribution in [0.15, 0.2) is 66.5 Å². The second kappa shape index (κ2) is 13.8. The van der Waals surface area contributed by atoms with Gasteiger partial charge in [0.15, 0.2) is 5.65 Å². The highest BCUT2D eigenvalue weighted by Crippen LogP contribution is 2.36. The van der Waals surface area contributed by atoms with Crippen molar-refractivity contribution in [3.05, 3.63) is 72.3 Å². The van der Waals surface area contributed by atoms with Gasteiger partial charge in [-0.3, -0.25) is 14.5 Å². The lowest BCUT2D eigenvalue weighted by Crippen LogP contribution is -2.55. The summed E-state index contributed by atoms with van der Waals surface area (Å²) in [4.78, 5) is 37.9. The van der Waals surface area contributed by atoms with Crippen molar-refractivity contribution in [3.63, 3.8) is 0 Å². The highest BCUT2D eigenvalue weighted by molar-refractivity contribution is 5.99. The molecule has 3 N–H and O–H groups in total. The number of hydrogen-bond donors (Lipinski definition) is 2. The van der Waals surface area contributed by atoms with Crippen molar-refractivity contribution in [3.8, 4) is 28.8 Å². The van der Waals surface area contributed by atoms with E-state index in [1.807, 2.05) is 18.2 Å². The van der Waals surface area contributed by atoms with Gasteiger partial charge in [-0.2, -0.15) is 10.4 Å². The maximum absolute atomic E-state index is 15.6. The van der Waals surface area contributed by atoms with Crippen molar-refractivity contribution in [2.75, 3.05) is 38.5 Å². The summed E-state index contributed by atoms with van der Waals surface area (Å²) in [6.45, 7) is 6.61. The van der Waals surface area contributed by atoms with Crippen LogP contribution in [0.3, 0.4) is 0 Å². The fourth-order valence-electron chi connectivity index (χ4n) is 6.39. The minimum absolute atomic E-state index is 0.000110. The third kappa shape index (κ3) is 6.84. The van der Waals surface area contributed by atoms with Crippen molar-refractivity contribution < 1.29 is 18.7 Å². The van der Waals surface area contributed by atoms with E-state index in [0.717, 1.165) is 6.54 Å². The zero-order valence-electron chi connectivity index (χ0n) is 27.0. The summed E-state index contributed by atoms with van der Waals surface area (Å²) in [5, 5.41) is 18.0. The molecule has 1 atom stereocenters. The summed E-state index contributed by atoms with van der Waals surface area (Å²) < 4.78 is 23.1. The fraction of sp³-hybridized carbons (Fsp3) is 0.371. The van der Waals surface area contributed by atoms with Crippen LogP contribution in [-0.2, 0) is 9.59 Å². The number of aromatic nitrogens is 4. The first-order valence-corrected chi connectivity index (χ1v) is 16.1. The molecule has 0 saturated carbocycles. The summed E-state index contributed by atoms with van der Waals surface area (Å²) >= 11 is 0. The lowest BCUT2D eigenvalue weighted by atomic mass is 9.94. The maximum atomic E-state index is 15.6. The van der Waals surface area contributed by atoms with Gasteiger partial charge in [-0.15, -0.1) is 0 Å². The molecule has 12 nitrogen and oxygen atoms in total. The predicted molar refractivity (Wildman–Crippen MR) is 178 cm³/mol. The molecule has 2 fully saturated rings. The first-order chi connectivity index (χ1) is 23.1. The SMILES string of the molecule is CC(C)(CC/C=C(\C#N)C(=O)N1CCC[C@@H](n2nc(-c3ccc(Oc4ccccc4)cc3F)c3c(N)ncnc32)C1)N1CCNC(=O)C1. The number of carbonyl (C=O) groups excluding carboxylic acids is 2. The quantitative estimate of drug-likeness (QED) is 0.195. The van der Waals surface area contributed by atoms with Gasteiger partial charge in [0.2, 0.25) is 5.91 Å². The number of fused-ring (bicyclic) bond motifs is 1. The number of allylic oxidation sites excluding steroid dienone is 1. The summed E-state index contributed by atoms with van der Waals surface area (Å²) in [5.74, 6) is 0.189. The lowest BCUT2D eigenvalue weighted by Gasteiger charge is -2.40. The number of amides is 2. The highest BCUT2D eigenvalue weighted by atomic mass is 19.1. The smallest absolute Gasteiger partial charge is 0.264 e. The lowest BCUT2D eigenvalue weighted by molar-refractivity contribution is -0.128. The number of nitrogens with two attached hydrogens (primary N) is 1. The zero-order chi connectivity index (χ0) is 33.8. The Bertz CT molecular complexity index is 1900. The third-order valence-corrected chi connectivity index (χ3v) is 9.07. The summed E-state index contributed by atoms with van der Waals surface area (Å²) in [7, 11) is 0. The monoisotopic (exact) mass is 651 g/mol. The topological polar surface area (TPSA) is 155 Å². The summed E-state index contributed by atoms with van der Waals surface area (Å²) in [6.07, 6.45) is 5.60. The number of nitrogen functional groups attached to an aromatic ring is 1. The molecule has 0 unspecified atom stereocenters. The van der Waals surface area contributed by atoms with Crippen LogP contribution in [0.4, 0.5) is 10.2 Å². The van der Waals surface area contributed by atoms with Gasteiger partial charge in [0.05, 0.1) is 18.0 Å². The van der Waals surface area contributed by atoms with Crippen LogP contribution in [0.2, 0.25) is 0 Å². The normalized spacial score (nSPS) is 17.6. The average molecular weight is 652 g/mol. The van der Waals surface area contributed by atoms with Crippen molar-refractivity contribution in [2.24, 2.45) is 0 Å². The van der Waals surface area contributed by atoms with Crippen LogP contribution in [0, 0.1) is 17.1 Å². The van der Waals surface area contributed by atoms with Crippen LogP contribution in [-0.4, -0.2) is 79.6 Å². The van der Waals surface area contributed by atoms with E-state index in [1.54, 1.807) is 39.9 Å². The number of piperazine rings is 1. The fourth-order valence-corrected chi connectivity index (χ4v) is 6.39. The molecule has 4 heterocycles. The van der Waals surface area contributed by atoms with Crippen LogP contribution in [0.1, 0.15) is 45.6 Å². The van der Waals surface area contributed by atoms with Crippen molar-refractivity contribution in [1.82, 2.24) is 34.9 Å². The minimum Gasteiger partial charge on any atom is -0.457 e. The molecule has 48 heavy (non-hydrogen) atoms. The molecule has 0 aliphatic carbocycles. The number of benzene rings is 2. The Morgan fingerprint density at radius 1 is 1.19 bits per heavy atom. The second-order valence-corrected chi connectivity index (χ2v) is 12.7. The van der Waals surface area contributed by atoms with E-state index in [0.29, 0.717) is 80.1 Å². The van der Waals surface area contributed by atoms with Gasteiger partial charge in [-0.25, -0.2) is 19.0 Å². The molecule has 2 aliphatic heterocycles. The number of halogens is 1. The second-order valence-electron chi connectivity index (χ2n) is 12.7.